The van der Waals surface area contributed by atoms with Crippen LogP contribution >= 0.6 is 0 Å². The fraction of sp³-hybridized carbons (Fsp3) is 0.235. The molecule has 2 rings (SSSR count). The summed E-state index contributed by atoms with van der Waals surface area (Å²) in [5.74, 6) is 1.67. The molecule has 0 aromatic heterocycles. The van der Waals surface area contributed by atoms with Crippen molar-refractivity contribution in [1.29, 1.82) is 0 Å². The Balaban J connectivity index is 2.48. The van der Waals surface area contributed by atoms with Crippen LogP contribution in [0.3, 0.4) is 0 Å². The molecular formula is C17H18O4. The van der Waals surface area contributed by atoms with Crippen LogP contribution in [0.5, 0.6) is 17.2 Å². The maximum absolute atomic E-state index is 12.7. The Morgan fingerprint density at radius 1 is 0.857 bits per heavy atom. The van der Waals surface area contributed by atoms with Crippen LogP contribution in [0.15, 0.2) is 36.4 Å². The Morgan fingerprint density at radius 3 is 2.19 bits per heavy atom. The molecule has 0 aliphatic heterocycles. The molecule has 21 heavy (non-hydrogen) atoms. The zero-order valence-corrected chi connectivity index (χ0v) is 12.6. The summed E-state index contributed by atoms with van der Waals surface area (Å²) in [6.07, 6.45) is 0. The third kappa shape index (κ3) is 2.99. The largest absolute Gasteiger partial charge is 0.497 e. The Kier molecular flexibility index (Phi) is 4.48. The number of methoxy groups -OCH3 is 3. The van der Waals surface area contributed by atoms with Gasteiger partial charge in [-0.1, -0.05) is 12.1 Å². The van der Waals surface area contributed by atoms with E-state index in [0.29, 0.717) is 28.4 Å². The second kappa shape index (κ2) is 6.31. The highest BCUT2D eigenvalue weighted by Gasteiger charge is 2.16. The van der Waals surface area contributed by atoms with E-state index in [1.807, 2.05) is 13.0 Å². The molecule has 0 aliphatic rings. The molecule has 0 amide bonds. The molecule has 0 unspecified atom stereocenters. The van der Waals surface area contributed by atoms with Gasteiger partial charge in [0.25, 0.3) is 0 Å². The monoisotopic (exact) mass is 286 g/mol. The summed E-state index contributed by atoms with van der Waals surface area (Å²) >= 11 is 0. The lowest BCUT2D eigenvalue weighted by molar-refractivity contribution is 0.103. The average Bonchev–Trinajstić information content (AvgIpc) is 2.54. The first-order chi connectivity index (χ1) is 10.1. The molecule has 2 aromatic rings. The second-order valence-electron chi connectivity index (χ2n) is 4.58. The minimum Gasteiger partial charge on any atom is -0.497 e. The highest BCUT2D eigenvalue weighted by molar-refractivity contribution is 6.11. The normalized spacial score (nSPS) is 10.1. The molecule has 2 aromatic carbocycles. The molecule has 4 heteroatoms. The molecule has 0 bridgehead atoms. The van der Waals surface area contributed by atoms with Gasteiger partial charge in [-0.15, -0.1) is 0 Å². The molecule has 110 valence electrons. The number of benzene rings is 2. The highest BCUT2D eigenvalue weighted by atomic mass is 16.5. The van der Waals surface area contributed by atoms with E-state index in [0.717, 1.165) is 5.56 Å². The maximum atomic E-state index is 12.7. The van der Waals surface area contributed by atoms with Crippen LogP contribution in [0.4, 0.5) is 0 Å². The van der Waals surface area contributed by atoms with Crippen molar-refractivity contribution in [3.8, 4) is 17.2 Å². The molecule has 0 fully saturated rings. The molecule has 4 nitrogen and oxygen atoms in total. The van der Waals surface area contributed by atoms with Crippen molar-refractivity contribution in [2.75, 3.05) is 21.3 Å². The number of ether oxygens (including phenoxy) is 3. The molecule has 0 N–H and O–H groups in total. The number of ketones is 1. The van der Waals surface area contributed by atoms with E-state index in [9.17, 15) is 4.79 Å². The lowest BCUT2D eigenvalue weighted by Crippen LogP contribution is -2.05. The fourth-order valence-electron chi connectivity index (χ4n) is 2.11. The van der Waals surface area contributed by atoms with Crippen LogP contribution in [-0.4, -0.2) is 27.1 Å². The molecule has 0 saturated carbocycles. The lowest BCUT2D eigenvalue weighted by Gasteiger charge is -2.11. The van der Waals surface area contributed by atoms with Gasteiger partial charge >= 0.3 is 0 Å². The minimum atomic E-state index is -0.135. The number of carbonyl (C=O) groups excluding carboxylic acids is 1. The van der Waals surface area contributed by atoms with Gasteiger partial charge in [-0.2, -0.15) is 0 Å². The zero-order valence-electron chi connectivity index (χ0n) is 12.6. The third-order valence-corrected chi connectivity index (χ3v) is 3.32. The highest BCUT2D eigenvalue weighted by Crippen LogP contribution is 2.28. The van der Waals surface area contributed by atoms with Crippen LogP contribution in [0.25, 0.3) is 0 Å². The molecule has 0 saturated heterocycles. The number of aryl methyl sites for hydroxylation is 1. The molecule has 0 aliphatic carbocycles. The average molecular weight is 286 g/mol. The van der Waals surface area contributed by atoms with Gasteiger partial charge in [-0.3, -0.25) is 4.79 Å². The first kappa shape index (κ1) is 14.9. The van der Waals surface area contributed by atoms with Crippen molar-refractivity contribution in [3.63, 3.8) is 0 Å². The minimum absolute atomic E-state index is 0.135. The van der Waals surface area contributed by atoms with Gasteiger partial charge in [0.15, 0.2) is 5.78 Å². The number of hydrogen-bond donors (Lipinski definition) is 0. The summed E-state index contributed by atoms with van der Waals surface area (Å²) in [4.78, 5) is 12.7. The molecule has 0 radical (unpaired) electrons. The van der Waals surface area contributed by atoms with Crippen LogP contribution in [0, 0.1) is 6.92 Å². The number of hydrogen-bond acceptors (Lipinski definition) is 4. The summed E-state index contributed by atoms with van der Waals surface area (Å²) in [6.45, 7) is 1.93. The van der Waals surface area contributed by atoms with Crippen molar-refractivity contribution in [1.82, 2.24) is 0 Å². The second-order valence-corrected chi connectivity index (χ2v) is 4.58. The fourth-order valence-corrected chi connectivity index (χ4v) is 2.11. The van der Waals surface area contributed by atoms with Crippen LogP contribution in [0.2, 0.25) is 0 Å². The van der Waals surface area contributed by atoms with Gasteiger partial charge < -0.3 is 14.2 Å². The van der Waals surface area contributed by atoms with Crippen molar-refractivity contribution < 1.29 is 19.0 Å². The first-order valence-corrected chi connectivity index (χ1v) is 6.52. The topological polar surface area (TPSA) is 44.8 Å². The van der Waals surface area contributed by atoms with E-state index in [1.165, 1.54) is 7.11 Å². The maximum Gasteiger partial charge on any atom is 0.197 e. The summed E-state index contributed by atoms with van der Waals surface area (Å²) < 4.78 is 15.7. The Labute approximate surface area is 124 Å². The van der Waals surface area contributed by atoms with Gasteiger partial charge in [0, 0.05) is 5.56 Å². The number of carbonyl (C=O) groups is 1. The van der Waals surface area contributed by atoms with Gasteiger partial charge in [-0.25, -0.2) is 0 Å². The van der Waals surface area contributed by atoms with Crippen LogP contribution in [-0.2, 0) is 0 Å². The summed E-state index contributed by atoms with van der Waals surface area (Å²) in [5, 5.41) is 0. The summed E-state index contributed by atoms with van der Waals surface area (Å²) in [7, 11) is 4.68. The Morgan fingerprint density at radius 2 is 1.57 bits per heavy atom. The molecule has 0 spiro atoms. The molecule has 0 heterocycles. The smallest absolute Gasteiger partial charge is 0.197 e. The first-order valence-electron chi connectivity index (χ1n) is 6.52. The van der Waals surface area contributed by atoms with E-state index in [1.54, 1.807) is 44.6 Å². The van der Waals surface area contributed by atoms with E-state index in [2.05, 4.69) is 0 Å². The quantitative estimate of drug-likeness (QED) is 0.791. The SMILES string of the molecule is COc1ccc(OC)c(C(=O)c2ccc(C)c(OC)c2)c1. The molecular weight excluding hydrogens is 268 g/mol. The van der Waals surface area contributed by atoms with E-state index >= 15 is 0 Å². The van der Waals surface area contributed by atoms with Crippen LogP contribution in [0.1, 0.15) is 21.5 Å². The Bertz CT molecular complexity index is 662. The lowest BCUT2D eigenvalue weighted by atomic mass is 10.0. The van der Waals surface area contributed by atoms with E-state index in [4.69, 9.17) is 14.2 Å². The van der Waals surface area contributed by atoms with Gasteiger partial charge in [0.2, 0.25) is 0 Å². The third-order valence-electron chi connectivity index (χ3n) is 3.32. The predicted molar refractivity (Wildman–Crippen MR) is 80.7 cm³/mol. The van der Waals surface area contributed by atoms with E-state index < -0.39 is 0 Å². The summed E-state index contributed by atoms with van der Waals surface area (Å²) in [5.41, 5.74) is 1.98. The standard InChI is InChI=1S/C17H18O4/c1-11-5-6-12(9-16(11)21-4)17(18)14-10-13(19-2)7-8-15(14)20-3/h5-10H,1-4H3. The van der Waals surface area contributed by atoms with Crippen LogP contribution < -0.4 is 14.2 Å². The van der Waals surface area contributed by atoms with Gasteiger partial charge in [0.05, 0.1) is 26.9 Å². The van der Waals surface area contributed by atoms with Crippen molar-refractivity contribution in [2.24, 2.45) is 0 Å². The van der Waals surface area contributed by atoms with Crippen molar-refractivity contribution in [3.05, 3.63) is 53.1 Å². The summed E-state index contributed by atoms with van der Waals surface area (Å²) in [6, 6.07) is 10.5. The van der Waals surface area contributed by atoms with Gasteiger partial charge in [-0.05, 0) is 36.8 Å². The van der Waals surface area contributed by atoms with E-state index in [-0.39, 0.29) is 5.78 Å². The zero-order chi connectivity index (χ0) is 15.4. The van der Waals surface area contributed by atoms with Crippen molar-refractivity contribution in [2.45, 2.75) is 6.92 Å². The Hall–Kier alpha value is -2.49. The number of rotatable bonds is 5. The van der Waals surface area contributed by atoms with Crippen molar-refractivity contribution >= 4 is 5.78 Å². The molecule has 0 atom stereocenters. The van der Waals surface area contributed by atoms with Gasteiger partial charge in [0.1, 0.15) is 17.2 Å². The predicted octanol–water partition coefficient (Wildman–Crippen LogP) is 3.25.